The van der Waals surface area contributed by atoms with E-state index < -0.39 is 5.56 Å². The SMILES string of the molecule is O=c1c(Cl)c(NCCc2ccc(Cl)cc2)cnn1-c1nc2ccccc2[nH]1. The fourth-order valence-electron chi connectivity index (χ4n) is 2.74. The summed E-state index contributed by atoms with van der Waals surface area (Å²) in [6.07, 6.45) is 2.29. The number of benzene rings is 2. The Hall–Kier alpha value is -2.83. The molecule has 0 saturated heterocycles. The molecule has 0 spiro atoms. The Labute approximate surface area is 164 Å². The molecule has 0 radical (unpaired) electrons. The second-order valence-corrected chi connectivity index (χ2v) is 6.78. The van der Waals surface area contributed by atoms with Crippen LogP contribution in [0, 0.1) is 0 Å². The third kappa shape index (κ3) is 3.67. The molecule has 4 aromatic rings. The van der Waals surface area contributed by atoms with Gasteiger partial charge in [-0.05, 0) is 36.2 Å². The van der Waals surface area contributed by atoms with Gasteiger partial charge >= 0.3 is 0 Å². The highest BCUT2D eigenvalue weighted by Gasteiger charge is 2.13. The summed E-state index contributed by atoms with van der Waals surface area (Å²) in [5, 5.41) is 8.11. The molecule has 0 aliphatic carbocycles. The van der Waals surface area contributed by atoms with Gasteiger partial charge in [0.2, 0.25) is 5.95 Å². The monoisotopic (exact) mass is 399 g/mol. The van der Waals surface area contributed by atoms with Crippen molar-refractivity contribution < 1.29 is 0 Å². The minimum absolute atomic E-state index is 0.0709. The van der Waals surface area contributed by atoms with E-state index in [1.54, 1.807) is 0 Å². The topological polar surface area (TPSA) is 75.6 Å². The molecular weight excluding hydrogens is 385 g/mol. The van der Waals surface area contributed by atoms with Crippen molar-refractivity contribution >= 4 is 39.9 Å². The number of rotatable bonds is 5. The van der Waals surface area contributed by atoms with Crippen LogP contribution in [0.25, 0.3) is 17.0 Å². The van der Waals surface area contributed by atoms with Crippen molar-refractivity contribution in [3.05, 3.63) is 80.7 Å². The number of H-pyrrole nitrogens is 1. The van der Waals surface area contributed by atoms with Gasteiger partial charge in [-0.25, -0.2) is 4.98 Å². The van der Waals surface area contributed by atoms with Crippen LogP contribution in [-0.2, 0) is 6.42 Å². The normalized spacial score (nSPS) is 11.0. The molecule has 2 aromatic heterocycles. The Morgan fingerprint density at radius 3 is 2.63 bits per heavy atom. The second-order valence-electron chi connectivity index (χ2n) is 5.97. The van der Waals surface area contributed by atoms with Gasteiger partial charge in [-0.2, -0.15) is 9.78 Å². The fraction of sp³-hybridized carbons (Fsp3) is 0.105. The van der Waals surface area contributed by atoms with Crippen LogP contribution < -0.4 is 10.9 Å². The van der Waals surface area contributed by atoms with Gasteiger partial charge in [0.25, 0.3) is 5.56 Å². The van der Waals surface area contributed by atoms with Gasteiger partial charge < -0.3 is 10.3 Å². The van der Waals surface area contributed by atoms with Gasteiger partial charge in [-0.3, -0.25) is 4.79 Å². The molecule has 136 valence electrons. The van der Waals surface area contributed by atoms with Crippen molar-refractivity contribution in [3.63, 3.8) is 0 Å². The van der Waals surface area contributed by atoms with Crippen LogP contribution in [0.15, 0.2) is 59.5 Å². The third-order valence-electron chi connectivity index (χ3n) is 4.14. The maximum Gasteiger partial charge on any atom is 0.295 e. The highest BCUT2D eigenvalue weighted by atomic mass is 35.5. The van der Waals surface area contributed by atoms with E-state index in [4.69, 9.17) is 23.2 Å². The lowest BCUT2D eigenvalue weighted by atomic mass is 10.1. The molecular formula is C19H15Cl2N5O. The Kier molecular flexibility index (Phi) is 4.83. The van der Waals surface area contributed by atoms with Gasteiger partial charge in [-0.15, -0.1) is 0 Å². The number of para-hydroxylation sites is 2. The molecule has 0 bridgehead atoms. The minimum atomic E-state index is -0.438. The molecule has 0 unspecified atom stereocenters. The van der Waals surface area contributed by atoms with E-state index in [-0.39, 0.29) is 5.02 Å². The molecule has 0 amide bonds. The summed E-state index contributed by atoms with van der Waals surface area (Å²) in [6, 6.07) is 15.1. The molecule has 4 rings (SSSR count). The summed E-state index contributed by atoms with van der Waals surface area (Å²) in [5.41, 5.74) is 2.76. The Balaban J connectivity index is 1.53. The van der Waals surface area contributed by atoms with Crippen molar-refractivity contribution in [2.45, 2.75) is 6.42 Å². The van der Waals surface area contributed by atoms with Crippen molar-refractivity contribution in [2.75, 3.05) is 11.9 Å². The quantitative estimate of drug-likeness (QED) is 0.530. The van der Waals surface area contributed by atoms with E-state index in [1.165, 1.54) is 6.20 Å². The smallest absolute Gasteiger partial charge is 0.295 e. The van der Waals surface area contributed by atoms with E-state index in [9.17, 15) is 4.79 Å². The molecule has 0 aliphatic heterocycles. The van der Waals surface area contributed by atoms with Gasteiger partial charge in [0.05, 0.1) is 22.9 Å². The third-order valence-corrected chi connectivity index (χ3v) is 4.76. The average molecular weight is 400 g/mol. The standard InChI is InChI=1S/C19H15Cl2N5O/c20-13-7-5-12(6-8-13)9-10-22-16-11-23-26(18(27)17(16)21)19-24-14-3-1-2-4-15(14)25-19/h1-8,11,22H,9-10H2,(H,24,25). The summed E-state index contributed by atoms with van der Waals surface area (Å²) in [4.78, 5) is 20.0. The Morgan fingerprint density at radius 2 is 1.85 bits per heavy atom. The number of hydrogen-bond donors (Lipinski definition) is 2. The van der Waals surface area contributed by atoms with Crippen LogP contribution in [0.4, 0.5) is 5.69 Å². The van der Waals surface area contributed by atoms with Crippen molar-refractivity contribution in [1.82, 2.24) is 19.7 Å². The van der Waals surface area contributed by atoms with Crippen molar-refractivity contribution in [3.8, 4) is 5.95 Å². The largest absolute Gasteiger partial charge is 0.382 e. The number of halogens is 2. The predicted octanol–water partition coefficient (Wildman–Crippen LogP) is 4.07. The Bertz CT molecular complexity index is 1120. The molecule has 6 nitrogen and oxygen atoms in total. The first kappa shape index (κ1) is 17.6. The van der Waals surface area contributed by atoms with Gasteiger partial charge in [0, 0.05) is 11.6 Å². The maximum absolute atomic E-state index is 12.6. The fourth-order valence-corrected chi connectivity index (χ4v) is 3.06. The van der Waals surface area contributed by atoms with Gasteiger partial charge in [-0.1, -0.05) is 47.5 Å². The molecule has 2 heterocycles. The number of imidazole rings is 1. The number of aromatic amines is 1. The van der Waals surface area contributed by atoms with E-state index in [0.717, 1.165) is 27.7 Å². The summed E-state index contributed by atoms with van der Waals surface area (Å²) in [5.74, 6) is 0.329. The highest BCUT2D eigenvalue weighted by molar-refractivity contribution is 6.33. The van der Waals surface area contributed by atoms with E-state index in [1.807, 2.05) is 48.5 Å². The van der Waals surface area contributed by atoms with Gasteiger partial charge in [0.1, 0.15) is 5.02 Å². The zero-order chi connectivity index (χ0) is 18.8. The van der Waals surface area contributed by atoms with Crippen LogP contribution >= 0.6 is 23.2 Å². The van der Waals surface area contributed by atoms with Gasteiger partial charge in [0.15, 0.2) is 0 Å². The minimum Gasteiger partial charge on any atom is -0.382 e. The second kappa shape index (κ2) is 7.42. The van der Waals surface area contributed by atoms with Crippen LogP contribution in [0.5, 0.6) is 0 Å². The molecule has 2 aromatic carbocycles. The predicted molar refractivity (Wildman–Crippen MR) is 108 cm³/mol. The lowest BCUT2D eigenvalue weighted by molar-refractivity contribution is 0.767. The van der Waals surface area contributed by atoms with E-state index in [2.05, 4.69) is 20.4 Å². The summed E-state index contributed by atoms with van der Waals surface area (Å²) < 4.78 is 1.16. The molecule has 0 atom stereocenters. The van der Waals surface area contributed by atoms with E-state index >= 15 is 0 Å². The van der Waals surface area contributed by atoms with Crippen LogP contribution in [0.3, 0.4) is 0 Å². The number of nitrogens with one attached hydrogen (secondary N) is 2. The first-order chi connectivity index (χ1) is 13.1. The van der Waals surface area contributed by atoms with Crippen LogP contribution in [-0.4, -0.2) is 26.3 Å². The summed E-state index contributed by atoms with van der Waals surface area (Å²) in [6.45, 7) is 0.608. The van der Waals surface area contributed by atoms with Crippen LogP contribution in [0.1, 0.15) is 5.56 Å². The van der Waals surface area contributed by atoms with Crippen molar-refractivity contribution in [1.29, 1.82) is 0 Å². The molecule has 27 heavy (non-hydrogen) atoms. The maximum atomic E-state index is 12.6. The number of aromatic nitrogens is 4. The highest BCUT2D eigenvalue weighted by Crippen LogP contribution is 2.18. The lowest BCUT2D eigenvalue weighted by Crippen LogP contribution is -2.24. The molecule has 0 fully saturated rings. The first-order valence-electron chi connectivity index (χ1n) is 8.33. The zero-order valence-electron chi connectivity index (χ0n) is 14.1. The first-order valence-corrected chi connectivity index (χ1v) is 9.09. The summed E-state index contributed by atoms with van der Waals surface area (Å²) in [7, 11) is 0. The number of fused-ring (bicyclic) bond motifs is 1. The molecule has 2 N–H and O–H groups in total. The van der Waals surface area contributed by atoms with Crippen molar-refractivity contribution in [2.24, 2.45) is 0 Å². The summed E-state index contributed by atoms with van der Waals surface area (Å²) >= 11 is 12.1. The van der Waals surface area contributed by atoms with E-state index in [0.29, 0.717) is 23.2 Å². The molecule has 0 saturated carbocycles. The average Bonchev–Trinajstić information content (AvgIpc) is 3.10. The lowest BCUT2D eigenvalue weighted by Gasteiger charge is -2.09. The molecule has 8 heteroatoms. The number of anilines is 1. The Morgan fingerprint density at radius 1 is 1.07 bits per heavy atom. The molecule has 0 aliphatic rings. The zero-order valence-corrected chi connectivity index (χ0v) is 15.6. The van der Waals surface area contributed by atoms with Crippen LogP contribution in [0.2, 0.25) is 10.0 Å². The number of nitrogens with zero attached hydrogens (tertiary/aromatic N) is 3. The number of hydrogen-bond acceptors (Lipinski definition) is 4.